The van der Waals surface area contributed by atoms with Gasteiger partial charge in [-0.2, -0.15) is 5.10 Å². The number of anilines is 1. The molecule has 224 valence electrons. The first-order valence-electron chi connectivity index (χ1n) is 13.7. The lowest BCUT2D eigenvalue weighted by Gasteiger charge is -2.08. The number of aromatic amines is 1. The first-order valence-corrected chi connectivity index (χ1v) is 14.5. The van der Waals surface area contributed by atoms with Crippen molar-refractivity contribution in [3.8, 4) is 11.8 Å². The van der Waals surface area contributed by atoms with E-state index in [0.29, 0.717) is 56.6 Å². The second-order valence-electron chi connectivity index (χ2n) is 9.10. The number of ether oxygens (including phenoxy) is 4. The summed E-state index contributed by atoms with van der Waals surface area (Å²) in [5, 5.41) is 13.8. The fraction of sp³-hybridized carbons (Fsp3) is 0.281. The third-order valence-corrected chi connectivity index (χ3v) is 7.09. The Bertz CT molecular complexity index is 1560. The van der Waals surface area contributed by atoms with E-state index in [1.807, 2.05) is 54.6 Å². The van der Waals surface area contributed by atoms with Gasteiger partial charge in [0.25, 0.3) is 5.91 Å². The van der Waals surface area contributed by atoms with E-state index < -0.39 is 0 Å². The number of nitrogens with zero attached hydrogens (tertiary/aromatic N) is 1. The summed E-state index contributed by atoms with van der Waals surface area (Å²) in [6.45, 7) is 2.66. The molecule has 0 radical (unpaired) electrons. The second kappa shape index (κ2) is 17.1. The Hall–Kier alpha value is -4.18. The first-order chi connectivity index (χ1) is 21.1. The van der Waals surface area contributed by atoms with Gasteiger partial charge in [0.2, 0.25) is 5.91 Å². The number of carbonyl (C=O) groups is 2. The molecule has 0 aliphatic carbocycles. The van der Waals surface area contributed by atoms with Crippen LogP contribution in [0.5, 0.6) is 0 Å². The lowest BCUT2D eigenvalue weighted by atomic mass is 10.1. The van der Waals surface area contributed by atoms with Crippen molar-refractivity contribution >= 4 is 40.2 Å². The molecule has 1 heterocycles. The summed E-state index contributed by atoms with van der Waals surface area (Å²) in [5.74, 6) is 5.87. The maximum absolute atomic E-state index is 12.2. The van der Waals surface area contributed by atoms with Gasteiger partial charge in [0.1, 0.15) is 12.3 Å². The summed E-state index contributed by atoms with van der Waals surface area (Å²) in [5.41, 5.74) is 3.55. The Morgan fingerprint density at radius 1 is 0.884 bits per heavy atom. The van der Waals surface area contributed by atoms with E-state index in [4.69, 9.17) is 18.9 Å². The van der Waals surface area contributed by atoms with Crippen molar-refractivity contribution in [2.45, 2.75) is 9.79 Å². The average molecular weight is 603 g/mol. The van der Waals surface area contributed by atoms with E-state index in [2.05, 4.69) is 32.7 Å². The average Bonchev–Trinajstić information content (AvgIpc) is 3.43. The van der Waals surface area contributed by atoms with Crippen LogP contribution in [0.15, 0.2) is 76.5 Å². The zero-order chi connectivity index (χ0) is 30.3. The van der Waals surface area contributed by atoms with Gasteiger partial charge in [-0.15, -0.1) is 0 Å². The molecule has 0 aliphatic heterocycles. The number of nitrogens with one attached hydrogen (secondary N) is 3. The highest BCUT2D eigenvalue weighted by atomic mass is 32.2. The van der Waals surface area contributed by atoms with Crippen LogP contribution in [-0.2, 0) is 23.7 Å². The van der Waals surface area contributed by atoms with Crippen LogP contribution >= 0.6 is 11.8 Å². The minimum absolute atomic E-state index is 0.0672. The third kappa shape index (κ3) is 9.95. The van der Waals surface area contributed by atoms with Crippen molar-refractivity contribution in [2.24, 2.45) is 0 Å². The fourth-order valence-electron chi connectivity index (χ4n) is 3.87. The molecule has 3 aromatic carbocycles. The topological polar surface area (TPSA) is 124 Å². The molecule has 4 rings (SSSR count). The van der Waals surface area contributed by atoms with Crippen molar-refractivity contribution < 1.29 is 28.5 Å². The minimum atomic E-state index is -0.251. The number of fused-ring (bicyclic) bond motifs is 1. The summed E-state index contributed by atoms with van der Waals surface area (Å²) >= 11 is 1.51. The number of hydrogen-bond acceptors (Lipinski definition) is 8. The summed E-state index contributed by atoms with van der Waals surface area (Å²) < 4.78 is 20.9. The molecular formula is C32H34N4O6S. The number of aromatic nitrogens is 2. The molecule has 1 aromatic heterocycles. The maximum Gasteiger partial charge on any atom is 0.252 e. The van der Waals surface area contributed by atoms with E-state index in [1.54, 1.807) is 26.3 Å². The van der Waals surface area contributed by atoms with Gasteiger partial charge in [0, 0.05) is 40.6 Å². The molecule has 2 amide bonds. The fourth-order valence-corrected chi connectivity index (χ4v) is 4.86. The molecule has 0 aliphatic rings. The molecule has 0 saturated carbocycles. The van der Waals surface area contributed by atoms with Crippen LogP contribution in [0.2, 0.25) is 0 Å². The number of benzene rings is 3. The van der Waals surface area contributed by atoms with Gasteiger partial charge in [-0.3, -0.25) is 14.7 Å². The number of amides is 2. The Balaban J connectivity index is 1.24. The highest BCUT2D eigenvalue weighted by molar-refractivity contribution is 7.99. The van der Waals surface area contributed by atoms with E-state index in [1.165, 1.54) is 11.8 Å². The van der Waals surface area contributed by atoms with Gasteiger partial charge in [-0.1, -0.05) is 29.8 Å². The smallest absolute Gasteiger partial charge is 0.252 e. The highest BCUT2D eigenvalue weighted by Crippen LogP contribution is 2.32. The van der Waals surface area contributed by atoms with Gasteiger partial charge < -0.3 is 29.6 Å². The summed E-state index contributed by atoms with van der Waals surface area (Å²) in [6, 6.07) is 20.7. The van der Waals surface area contributed by atoms with Crippen molar-refractivity contribution in [1.29, 1.82) is 0 Å². The number of rotatable bonds is 15. The SMILES string of the molecule is CNC(=O)c1ccccc1Sc1ccc2c(C#Cc3ccc(NC(=O)COCCOCCOCCOC)cc3)n[nH]c2c1. The molecule has 0 bridgehead atoms. The molecule has 11 heteroatoms. The van der Waals surface area contributed by atoms with Crippen LogP contribution in [-0.4, -0.2) is 82.4 Å². The predicted octanol–water partition coefficient (Wildman–Crippen LogP) is 4.11. The monoisotopic (exact) mass is 602 g/mol. The van der Waals surface area contributed by atoms with Gasteiger partial charge in [-0.05, 0) is 60.5 Å². The molecule has 0 fully saturated rings. The van der Waals surface area contributed by atoms with Crippen molar-refractivity contribution in [3.05, 3.63) is 83.6 Å². The van der Waals surface area contributed by atoms with Crippen molar-refractivity contribution in [1.82, 2.24) is 15.5 Å². The quantitative estimate of drug-likeness (QED) is 0.137. The minimum Gasteiger partial charge on any atom is -0.382 e. The zero-order valence-electron chi connectivity index (χ0n) is 24.1. The van der Waals surface area contributed by atoms with Crippen LogP contribution in [0.1, 0.15) is 21.6 Å². The summed E-state index contributed by atoms with van der Waals surface area (Å²) in [7, 11) is 3.25. The van der Waals surface area contributed by atoms with Gasteiger partial charge in [0.15, 0.2) is 0 Å². The first kappa shape index (κ1) is 31.7. The molecule has 0 atom stereocenters. The Kier molecular flexibility index (Phi) is 12.6. The van der Waals surface area contributed by atoms with Crippen LogP contribution in [0.25, 0.3) is 10.9 Å². The molecule has 3 N–H and O–H groups in total. The summed E-state index contributed by atoms with van der Waals surface area (Å²) in [4.78, 5) is 26.2. The molecule has 43 heavy (non-hydrogen) atoms. The Morgan fingerprint density at radius 3 is 2.35 bits per heavy atom. The van der Waals surface area contributed by atoms with Gasteiger partial charge in [-0.25, -0.2) is 0 Å². The van der Waals surface area contributed by atoms with E-state index in [-0.39, 0.29) is 18.4 Å². The predicted molar refractivity (Wildman–Crippen MR) is 165 cm³/mol. The highest BCUT2D eigenvalue weighted by Gasteiger charge is 2.12. The van der Waals surface area contributed by atoms with Gasteiger partial charge >= 0.3 is 0 Å². The molecular weight excluding hydrogens is 568 g/mol. The van der Waals surface area contributed by atoms with E-state index >= 15 is 0 Å². The van der Waals surface area contributed by atoms with Crippen LogP contribution in [0.4, 0.5) is 5.69 Å². The Labute approximate surface area is 254 Å². The summed E-state index contributed by atoms with van der Waals surface area (Å²) in [6.07, 6.45) is 0. The van der Waals surface area contributed by atoms with Crippen LogP contribution in [0, 0.1) is 11.8 Å². The Morgan fingerprint density at radius 2 is 1.60 bits per heavy atom. The number of H-pyrrole nitrogens is 1. The molecule has 10 nitrogen and oxygen atoms in total. The lowest BCUT2D eigenvalue weighted by molar-refractivity contribution is -0.121. The van der Waals surface area contributed by atoms with E-state index in [0.717, 1.165) is 26.3 Å². The lowest BCUT2D eigenvalue weighted by Crippen LogP contribution is -2.20. The number of carbonyl (C=O) groups excluding carboxylic acids is 2. The van der Waals surface area contributed by atoms with Gasteiger partial charge in [0.05, 0.1) is 50.7 Å². The van der Waals surface area contributed by atoms with Crippen molar-refractivity contribution in [3.63, 3.8) is 0 Å². The second-order valence-corrected chi connectivity index (χ2v) is 10.2. The third-order valence-electron chi connectivity index (χ3n) is 6.02. The molecule has 0 saturated heterocycles. The van der Waals surface area contributed by atoms with Crippen LogP contribution in [0.3, 0.4) is 0 Å². The molecule has 0 unspecified atom stereocenters. The van der Waals surface area contributed by atoms with Crippen LogP contribution < -0.4 is 10.6 Å². The zero-order valence-corrected chi connectivity index (χ0v) is 24.9. The largest absolute Gasteiger partial charge is 0.382 e. The maximum atomic E-state index is 12.2. The van der Waals surface area contributed by atoms with E-state index in [9.17, 15) is 9.59 Å². The van der Waals surface area contributed by atoms with Crippen molar-refractivity contribution in [2.75, 3.05) is 65.7 Å². The number of methoxy groups -OCH3 is 1. The number of hydrogen-bond donors (Lipinski definition) is 3. The molecule has 0 spiro atoms. The molecule has 4 aromatic rings. The normalized spacial score (nSPS) is 10.7. The standard InChI is InChI=1S/C32H34N4O6S/c1-33-32(38)27-5-3-4-6-30(27)43-25-12-13-26-28(35-36-29(26)21-25)14-9-23-7-10-24(11-8-23)34-31(37)22-42-20-19-41-18-17-40-16-15-39-2/h3-8,10-13,21H,15-20,22H2,1-2H3,(H,33,38)(H,34,37)(H,35,36).